The van der Waals surface area contributed by atoms with Crippen molar-refractivity contribution in [2.24, 2.45) is 28.6 Å². The van der Waals surface area contributed by atoms with Crippen molar-refractivity contribution in [2.45, 2.75) is 105 Å². The van der Waals surface area contributed by atoms with Gasteiger partial charge in [-0.3, -0.25) is 4.79 Å². The van der Waals surface area contributed by atoms with E-state index < -0.39 is 11.0 Å². The van der Waals surface area contributed by atoms with Gasteiger partial charge in [0.1, 0.15) is 6.10 Å². The van der Waals surface area contributed by atoms with Crippen molar-refractivity contribution in [3.63, 3.8) is 0 Å². The van der Waals surface area contributed by atoms with E-state index in [9.17, 15) is 14.7 Å². The van der Waals surface area contributed by atoms with Gasteiger partial charge in [0.2, 0.25) is 0 Å². The highest BCUT2D eigenvalue weighted by atomic mass is 16.5. The summed E-state index contributed by atoms with van der Waals surface area (Å²) in [6.45, 7) is 14.4. The fraction of sp³-hybridized carbons (Fsp3) is 0.846. The second-order valence-corrected chi connectivity index (χ2v) is 10.9. The van der Waals surface area contributed by atoms with Gasteiger partial charge in [-0.2, -0.15) is 0 Å². The fourth-order valence-corrected chi connectivity index (χ4v) is 6.32. The summed E-state index contributed by atoms with van der Waals surface area (Å²) in [4.78, 5) is 24.4. The first-order valence-electron chi connectivity index (χ1n) is 12.0. The van der Waals surface area contributed by atoms with Crippen molar-refractivity contribution in [2.75, 3.05) is 7.11 Å². The lowest BCUT2D eigenvalue weighted by Crippen LogP contribution is -2.66. The Morgan fingerprint density at radius 2 is 1.90 bits per heavy atom. The molecule has 0 bridgehead atoms. The van der Waals surface area contributed by atoms with Crippen LogP contribution in [0.3, 0.4) is 0 Å². The van der Waals surface area contributed by atoms with Crippen molar-refractivity contribution in [1.82, 2.24) is 0 Å². The standard InChI is InChI=1S/C26H44O5/c1-9-18(3)23(28)31-21-16-19(4)24(5,14-12-17(2)15-22(27)30-8)20-11-10-13-25(6,29)26(20,21)7/h9,17,19-21,29H,10-16H2,1-8H3. The largest absolute Gasteiger partial charge is 0.469 e. The first-order valence-corrected chi connectivity index (χ1v) is 12.0. The van der Waals surface area contributed by atoms with Gasteiger partial charge in [0.15, 0.2) is 0 Å². The molecule has 0 amide bonds. The van der Waals surface area contributed by atoms with Gasteiger partial charge in [0.25, 0.3) is 0 Å². The fourth-order valence-electron chi connectivity index (χ4n) is 6.32. The van der Waals surface area contributed by atoms with E-state index in [0.717, 1.165) is 38.5 Å². The zero-order valence-electron chi connectivity index (χ0n) is 20.9. The maximum absolute atomic E-state index is 12.7. The molecule has 31 heavy (non-hydrogen) atoms. The molecular weight excluding hydrogens is 392 g/mol. The van der Waals surface area contributed by atoms with Crippen LogP contribution in [0.4, 0.5) is 0 Å². The van der Waals surface area contributed by atoms with E-state index in [1.807, 2.05) is 13.8 Å². The average molecular weight is 437 g/mol. The van der Waals surface area contributed by atoms with Crippen LogP contribution in [0, 0.1) is 28.6 Å². The number of aliphatic hydroxyl groups is 1. The molecule has 7 atom stereocenters. The minimum atomic E-state index is -0.899. The van der Waals surface area contributed by atoms with Crippen molar-refractivity contribution in [1.29, 1.82) is 0 Å². The molecule has 2 fully saturated rings. The molecule has 5 heteroatoms. The number of hydrogen-bond acceptors (Lipinski definition) is 5. The molecule has 2 aliphatic rings. The number of fused-ring (bicyclic) bond motifs is 1. The molecule has 0 spiro atoms. The van der Waals surface area contributed by atoms with Gasteiger partial charge in [-0.05, 0) is 76.0 Å². The summed E-state index contributed by atoms with van der Waals surface area (Å²) in [6.07, 6.45) is 7.28. The van der Waals surface area contributed by atoms with Gasteiger partial charge in [-0.15, -0.1) is 0 Å². The third-order valence-electron chi connectivity index (χ3n) is 9.12. The minimum Gasteiger partial charge on any atom is -0.469 e. The first-order chi connectivity index (χ1) is 14.3. The minimum absolute atomic E-state index is 0.00207. The van der Waals surface area contributed by atoms with E-state index in [2.05, 4.69) is 27.7 Å². The third-order valence-corrected chi connectivity index (χ3v) is 9.12. The average Bonchev–Trinajstić information content (AvgIpc) is 2.71. The van der Waals surface area contributed by atoms with Crippen LogP contribution in [0.1, 0.15) is 93.4 Å². The molecule has 0 heterocycles. The molecule has 2 aliphatic carbocycles. The number of hydrogen-bond donors (Lipinski definition) is 1. The molecule has 1 N–H and O–H groups in total. The molecule has 2 saturated carbocycles. The maximum atomic E-state index is 12.7. The van der Waals surface area contributed by atoms with E-state index in [1.54, 1.807) is 13.0 Å². The highest BCUT2D eigenvalue weighted by Crippen LogP contribution is 2.65. The lowest BCUT2D eigenvalue weighted by atomic mass is 9.42. The van der Waals surface area contributed by atoms with Crippen LogP contribution >= 0.6 is 0 Å². The Kier molecular flexibility index (Phi) is 8.05. The molecule has 0 aromatic heterocycles. The number of carbonyl (C=O) groups is 2. The summed E-state index contributed by atoms with van der Waals surface area (Å²) in [6, 6.07) is 0. The quantitative estimate of drug-likeness (QED) is 0.424. The van der Waals surface area contributed by atoms with Crippen LogP contribution in [-0.4, -0.2) is 35.9 Å². The summed E-state index contributed by atoms with van der Waals surface area (Å²) < 4.78 is 10.9. The number of ether oxygens (including phenoxy) is 2. The molecule has 0 aromatic carbocycles. The normalized spacial score (nSPS) is 39.4. The Morgan fingerprint density at radius 1 is 1.26 bits per heavy atom. The number of allylic oxidation sites excluding steroid dienone is 1. The van der Waals surface area contributed by atoms with E-state index in [1.165, 1.54) is 7.11 Å². The second kappa shape index (κ2) is 9.64. The first kappa shape index (κ1) is 25.9. The van der Waals surface area contributed by atoms with Crippen LogP contribution < -0.4 is 0 Å². The molecule has 2 rings (SSSR count). The van der Waals surface area contributed by atoms with E-state index in [-0.39, 0.29) is 35.3 Å². The van der Waals surface area contributed by atoms with Crippen LogP contribution in [-0.2, 0) is 19.1 Å². The van der Waals surface area contributed by atoms with E-state index in [4.69, 9.17) is 9.47 Å². The topological polar surface area (TPSA) is 72.8 Å². The molecule has 0 saturated heterocycles. The molecule has 0 aliphatic heterocycles. The molecule has 178 valence electrons. The Morgan fingerprint density at radius 3 is 2.48 bits per heavy atom. The van der Waals surface area contributed by atoms with E-state index >= 15 is 0 Å². The lowest BCUT2D eigenvalue weighted by Gasteiger charge is -2.65. The second-order valence-electron chi connectivity index (χ2n) is 10.9. The maximum Gasteiger partial charge on any atom is 0.333 e. The zero-order chi connectivity index (χ0) is 23.6. The van der Waals surface area contributed by atoms with Crippen molar-refractivity contribution < 1.29 is 24.2 Å². The number of esters is 2. The summed E-state index contributed by atoms with van der Waals surface area (Å²) in [5, 5.41) is 11.6. The smallest absolute Gasteiger partial charge is 0.333 e. The molecular formula is C26H44O5. The van der Waals surface area contributed by atoms with Gasteiger partial charge in [0, 0.05) is 17.4 Å². The summed E-state index contributed by atoms with van der Waals surface area (Å²) in [5.74, 6) is 0.386. The number of rotatable bonds is 7. The summed E-state index contributed by atoms with van der Waals surface area (Å²) in [7, 11) is 1.44. The monoisotopic (exact) mass is 436 g/mol. The Bertz CT molecular complexity index is 696. The number of carbonyl (C=O) groups excluding carboxylic acids is 2. The van der Waals surface area contributed by atoms with Gasteiger partial charge in [-0.25, -0.2) is 4.79 Å². The van der Waals surface area contributed by atoms with Crippen molar-refractivity contribution in [3.05, 3.63) is 11.6 Å². The van der Waals surface area contributed by atoms with Gasteiger partial charge in [0.05, 0.1) is 12.7 Å². The highest BCUT2D eigenvalue weighted by molar-refractivity contribution is 5.87. The highest BCUT2D eigenvalue weighted by Gasteiger charge is 2.65. The Labute approximate surface area is 189 Å². The van der Waals surface area contributed by atoms with E-state index in [0.29, 0.717) is 17.9 Å². The molecule has 5 nitrogen and oxygen atoms in total. The zero-order valence-corrected chi connectivity index (χ0v) is 20.9. The third kappa shape index (κ3) is 4.86. The van der Waals surface area contributed by atoms with Crippen LogP contribution in [0.25, 0.3) is 0 Å². The Balaban J connectivity index is 2.34. The van der Waals surface area contributed by atoms with Gasteiger partial charge < -0.3 is 14.6 Å². The molecule has 0 aromatic rings. The predicted octanol–water partition coefficient (Wildman–Crippen LogP) is 5.45. The Hall–Kier alpha value is -1.36. The van der Waals surface area contributed by atoms with Crippen molar-refractivity contribution >= 4 is 11.9 Å². The van der Waals surface area contributed by atoms with Crippen LogP contribution in [0.2, 0.25) is 0 Å². The number of methoxy groups -OCH3 is 1. The van der Waals surface area contributed by atoms with Gasteiger partial charge in [-0.1, -0.05) is 40.2 Å². The summed E-state index contributed by atoms with van der Waals surface area (Å²) >= 11 is 0. The molecule has 0 radical (unpaired) electrons. The lowest BCUT2D eigenvalue weighted by molar-refractivity contribution is -0.247. The van der Waals surface area contributed by atoms with Crippen molar-refractivity contribution in [3.8, 4) is 0 Å². The predicted molar refractivity (Wildman–Crippen MR) is 122 cm³/mol. The van der Waals surface area contributed by atoms with Crippen LogP contribution in [0.5, 0.6) is 0 Å². The summed E-state index contributed by atoms with van der Waals surface area (Å²) in [5.41, 5.74) is -0.804. The van der Waals surface area contributed by atoms with Crippen LogP contribution in [0.15, 0.2) is 11.6 Å². The van der Waals surface area contributed by atoms with Gasteiger partial charge >= 0.3 is 11.9 Å². The molecule has 7 unspecified atom stereocenters. The SMILES string of the molecule is CC=C(C)C(=O)OC1CC(C)C(C)(CCC(C)CC(=O)OC)C2CCCC(C)(O)C12C.